The first-order valence-corrected chi connectivity index (χ1v) is 6.70. The zero-order valence-electron chi connectivity index (χ0n) is 9.90. The molecule has 98 valence electrons. The molecule has 1 aromatic carbocycles. The van der Waals surface area contributed by atoms with E-state index in [9.17, 15) is 9.90 Å². The highest BCUT2D eigenvalue weighted by Gasteiger charge is 2.20. The van der Waals surface area contributed by atoms with Crippen molar-refractivity contribution >= 4 is 29.0 Å². The number of hydrogen-bond acceptors (Lipinski definition) is 3. The van der Waals surface area contributed by atoms with E-state index in [-0.39, 0.29) is 11.9 Å². The number of aliphatic hydroxyl groups is 1. The van der Waals surface area contributed by atoms with Crippen LogP contribution < -0.4 is 0 Å². The van der Waals surface area contributed by atoms with E-state index in [2.05, 4.69) is 0 Å². The average molecular weight is 288 g/mol. The molecular weight excluding hydrogens is 273 g/mol. The molecule has 1 aliphatic heterocycles. The first-order chi connectivity index (χ1) is 8.56. The summed E-state index contributed by atoms with van der Waals surface area (Å²) in [4.78, 5) is 14.1. The number of ketones is 1. The van der Waals surface area contributed by atoms with Crippen LogP contribution in [0, 0.1) is 0 Å². The highest BCUT2D eigenvalue weighted by molar-refractivity contribution is 6.36. The second-order valence-corrected chi connectivity index (χ2v) is 5.40. The van der Waals surface area contributed by atoms with E-state index in [1.807, 2.05) is 4.90 Å². The van der Waals surface area contributed by atoms with Crippen molar-refractivity contribution in [2.24, 2.45) is 0 Å². The van der Waals surface area contributed by atoms with Crippen LogP contribution in [0.25, 0.3) is 0 Å². The number of benzene rings is 1. The van der Waals surface area contributed by atoms with E-state index in [1.165, 1.54) is 0 Å². The van der Waals surface area contributed by atoms with Gasteiger partial charge in [0.2, 0.25) is 0 Å². The molecule has 1 fully saturated rings. The van der Waals surface area contributed by atoms with Crippen molar-refractivity contribution in [2.45, 2.75) is 18.9 Å². The fraction of sp³-hybridized carbons (Fsp3) is 0.462. The number of piperidine rings is 1. The van der Waals surface area contributed by atoms with Crippen molar-refractivity contribution in [2.75, 3.05) is 19.6 Å². The van der Waals surface area contributed by atoms with Crippen molar-refractivity contribution < 1.29 is 9.90 Å². The highest BCUT2D eigenvalue weighted by Crippen LogP contribution is 2.22. The number of nitrogens with zero attached hydrogens (tertiary/aromatic N) is 1. The number of likely N-dealkylation sites (tertiary alicyclic amines) is 1. The van der Waals surface area contributed by atoms with Gasteiger partial charge in [-0.2, -0.15) is 0 Å². The Hall–Kier alpha value is -0.610. The third-order valence-electron chi connectivity index (χ3n) is 3.16. The highest BCUT2D eigenvalue weighted by atomic mass is 35.5. The minimum Gasteiger partial charge on any atom is -0.393 e. The molecular formula is C13H15Cl2NO2. The minimum absolute atomic E-state index is 0.00643. The molecule has 0 aromatic heterocycles. The standard InChI is InChI=1S/C13H15Cl2NO2/c14-9-1-2-11(12(15)7-9)13(18)8-16-5-3-10(17)4-6-16/h1-2,7,10,17H,3-6,8H2. The molecule has 1 saturated heterocycles. The number of Topliss-reactive ketones (excluding diaryl/α,β-unsaturated/α-hetero) is 1. The Labute approximate surface area is 116 Å². The molecule has 0 aliphatic carbocycles. The summed E-state index contributed by atoms with van der Waals surface area (Å²) in [5.41, 5.74) is 0.507. The van der Waals surface area contributed by atoms with Crippen LogP contribution in [0.5, 0.6) is 0 Å². The average Bonchev–Trinajstić information content (AvgIpc) is 2.32. The summed E-state index contributed by atoms with van der Waals surface area (Å²) in [5.74, 6) is -0.00643. The van der Waals surface area contributed by atoms with Gasteiger partial charge >= 0.3 is 0 Å². The molecule has 1 aliphatic rings. The summed E-state index contributed by atoms with van der Waals surface area (Å²) in [6.07, 6.45) is 1.22. The van der Waals surface area contributed by atoms with Gasteiger partial charge in [0, 0.05) is 23.7 Å². The predicted octanol–water partition coefficient (Wildman–Crippen LogP) is 2.63. The summed E-state index contributed by atoms with van der Waals surface area (Å²) in [7, 11) is 0. The fourth-order valence-corrected chi connectivity index (χ4v) is 2.60. The van der Waals surface area contributed by atoms with Crippen molar-refractivity contribution in [1.82, 2.24) is 4.90 Å². The first kappa shape index (κ1) is 13.8. The second kappa shape index (κ2) is 6.02. The number of carbonyl (C=O) groups excluding carboxylic acids is 1. The van der Waals surface area contributed by atoms with E-state index in [0.29, 0.717) is 22.2 Å². The van der Waals surface area contributed by atoms with Crippen molar-refractivity contribution in [1.29, 1.82) is 0 Å². The zero-order valence-corrected chi connectivity index (χ0v) is 11.4. The number of carbonyl (C=O) groups is 1. The van der Waals surface area contributed by atoms with Crippen LogP contribution in [0.2, 0.25) is 10.0 Å². The SMILES string of the molecule is O=C(CN1CCC(O)CC1)c1ccc(Cl)cc1Cl. The molecule has 1 N–H and O–H groups in total. The van der Waals surface area contributed by atoms with Crippen LogP contribution in [0.3, 0.4) is 0 Å². The van der Waals surface area contributed by atoms with E-state index >= 15 is 0 Å². The van der Waals surface area contributed by atoms with E-state index < -0.39 is 0 Å². The topological polar surface area (TPSA) is 40.5 Å². The third-order valence-corrected chi connectivity index (χ3v) is 3.70. The Bertz CT molecular complexity index is 443. The first-order valence-electron chi connectivity index (χ1n) is 5.95. The van der Waals surface area contributed by atoms with E-state index in [0.717, 1.165) is 25.9 Å². The van der Waals surface area contributed by atoms with Gasteiger partial charge in [-0.05, 0) is 31.0 Å². The van der Waals surface area contributed by atoms with E-state index in [4.69, 9.17) is 23.2 Å². The van der Waals surface area contributed by atoms with Crippen molar-refractivity contribution in [3.63, 3.8) is 0 Å². The van der Waals surface area contributed by atoms with Crippen LogP contribution in [-0.2, 0) is 0 Å². The lowest BCUT2D eigenvalue weighted by molar-refractivity contribution is 0.0711. The van der Waals surface area contributed by atoms with Gasteiger partial charge in [-0.3, -0.25) is 9.69 Å². The van der Waals surface area contributed by atoms with Gasteiger partial charge in [-0.25, -0.2) is 0 Å². The molecule has 1 aromatic rings. The van der Waals surface area contributed by atoms with Crippen molar-refractivity contribution in [3.05, 3.63) is 33.8 Å². The van der Waals surface area contributed by atoms with Gasteiger partial charge < -0.3 is 5.11 Å². The molecule has 1 heterocycles. The zero-order chi connectivity index (χ0) is 13.1. The van der Waals surface area contributed by atoms with Gasteiger partial charge in [0.05, 0.1) is 17.7 Å². The maximum absolute atomic E-state index is 12.1. The summed E-state index contributed by atoms with van der Waals surface area (Å²) >= 11 is 11.8. The number of aliphatic hydroxyl groups excluding tert-OH is 1. The Morgan fingerprint density at radius 1 is 1.33 bits per heavy atom. The molecule has 18 heavy (non-hydrogen) atoms. The molecule has 0 saturated carbocycles. The Morgan fingerprint density at radius 3 is 2.61 bits per heavy atom. The van der Waals surface area contributed by atoms with E-state index in [1.54, 1.807) is 18.2 Å². The number of halogens is 2. The largest absolute Gasteiger partial charge is 0.393 e. The smallest absolute Gasteiger partial charge is 0.178 e. The molecule has 0 amide bonds. The van der Waals surface area contributed by atoms with Crippen LogP contribution >= 0.6 is 23.2 Å². The number of hydrogen-bond donors (Lipinski definition) is 1. The quantitative estimate of drug-likeness (QED) is 0.869. The number of rotatable bonds is 3. The third kappa shape index (κ3) is 3.45. The van der Waals surface area contributed by atoms with Crippen LogP contribution in [0.4, 0.5) is 0 Å². The van der Waals surface area contributed by atoms with Crippen molar-refractivity contribution in [3.8, 4) is 0 Å². The molecule has 0 unspecified atom stereocenters. The lowest BCUT2D eigenvalue weighted by Gasteiger charge is -2.28. The summed E-state index contributed by atoms with van der Waals surface area (Å²) in [6.45, 7) is 1.84. The lowest BCUT2D eigenvalue weighted by atomic mass is 10.1. The van der Waals surface area contributed by atoms with Crippen LogP contribution in [0.1, 0.15) is 23.2 Å². The summed E-state index contributed by atoms with van der Waals surface area (Å²) < 4.78 is 0. The monoisotopic (exact) mass is 287 g/mol. The fourth-order valence-electron chi connectivity index (χ4n) is 2.08. The molecule has 0 spiro atoms. The molecule has 0 atom stereocenters. The van der Waals surface area contributed by atoms with Crippen LogP contribution in [-0.4, -0.2) is 41.5 Å². The molecule has 0 bridgehead atoms. The maximum atomic E-state index is 12.1. The van der Waals surface area contributed by atoms with Gasteiger partial charge in [0.1, 0.15) is 0 Å². The van der Waals surface area contributed by atoms with Gasteiger partial charge in [-0.15, -0.1) is 0 Å². The summed E-state index contributed by atoms with van der Waals surface area (Å²) in [6, 6.07) is 4.91. The Kier molecular flexibility index (Phi) is 4.62. The lowest BCUT2D eigenvalue weighted by Crippen LogP contribution is -2.39. The maximum Gasteiger partial charge on any atom is 0.178 e. The Morgan fingerprint density at radius 2 is 2.00 bits per heavy atom. The van der Waals surface area contributed by atoms with Gasteiger partial charge in [0.15, 0.2) is 5.78 Å². The molecule has 3 nitrogen and oxygen atoms in total. The van der Waals surface area contributed by atoms with Gasteiger partial charge in [0.25, 0.3) is 0 Å². The second-order valence-electron chi connectivity index (χ2n) is 4.55. The summed E-state index contributed by atoms with van der Waals surface area (Å²) in [5, 5.41) is 10.3. The van der Waals surface area contributed by atoms with Crippen LogP contribution in [0.15, 0.2) is 18.2 Å². The predicted molar refractivity (Wildman–Crippen MR) is 72.5 cm³/mol. The van der Waals surface area contributed by atoms with Gasteiger partial charge in [-0.1, -0.05) is 23.2 Å². The Balaban J connectivity index is 1.99. The normalized spacial score (nSPS) is 17.9. The molecule has 5 heteroatoms. The molecule has 2 rings (SSSR count). The molecule has 0 radical (unpaired) electrons. The minimum atomic E-state index is -0.226.